The number of benzene rings is 1. The molecular formula is C17H22N2O3. The lowest BCUT2D eigenvalue weighted by Crippen LogP contribution is -2.42. The molecule has 2 saturated heterocycles. The highest BCUT2D eigenvalue weighted by Crippen LogP contribution is 2.34. The first kappa shape index (κ1) is 15.0. The van der Waals surface area contributed by atoms with E-state index in [0.717, 1.165) is 31.5 Å². The fraction of sp³-hybridized carbons (Fsp3) is 0.529. The molecule has 1 amide bonds. The van der Waals surface area contributed by atoms with Gasteiger partial charge < -0.3 is 9.64 Å². The van der Waals surface area contributed by atoms with Crippen LogP contribution in [0.25, 0.3) is 0 Å². The number of esters is 1. The summed E-state index contributed by atoms with van der Waals surface area (Å²) in [6, 6.07) is 9.34. The predicted octanol–water partition coefficient (Wildman–Crippen LogP) is 1.50. The third kappa shape index (κ3) is 2.86. The average Bonchev–Trinajstić information content (AvgIpc) is 3.24. The number of hydrogen-bond donors (Lipinski definition) is 1. The lowest BCUT2D eigenvalue weighted by molar-refractivity contribution is -0.145. The van der Waals surface area contributed by atoms with E-state index < -0.39 is 0 Å². The van der Waals surface area contributed by atoms with Crippen molar-refractivity contribution in [3.05, 3.63) is 35.9 Å². The van der Waals surface area contributed by atoms with Gasteiger partial charge in [-0.15, -0.1) is 0 Å². The fourth-order valence-corrected chi connectivity index (χ4v) is 3.49. The second kappa shape index (κ2) is 6.48. The van der Waals surface area contributed by atoms with Crippen LogP contribution in [0.3, 0.4) is 0 Å². The average molecular weight is 302 g/mol. The molecule has 0 aliphatic carbocycles. The Labute approximate surface area is 130 Å². The number of carbonyl (C=O) groups excluding carboxylic acids is 2. The van der Waals surface area contributed by atoms with E-state index in [-0.39, 0.29) is 29.9 Å². The summed E-state index contributed by atoms with van der Waals surface area (Å²) in [5.74, 6) is -0.452. The summed E-state index contributed by atoms with van der Waals surface area (Å²) in [5.41, 5.74) is 1.02. The zero-order valence-corrected chi connectivity index (χ0v) is 12.8. The van der Waals surface area contributed by atoms with Gasteiger partial charge in [0.15, 0.2) is 0 Å². The van der Waals surface area contributed by atoms with Crippen LogP contribution in [0.15, 0.2) is 30.3 Å². The molecule has 0 bridgehead atoms. The van der Waals surface area contributed by atoms with Gasteiger partial charge in [0.05, 0.1) is 19.1 Å². The highest BCUT2D eigenvalue weighted by molar-refractivity contribution is 5.84. The lowest BCUT2D eigenvalue weighted by atomic mass is 9.93. The molecule has 2 aliphatic rings. The smallest absolute Gasteiger partial charge is 0.310 e. The van der Waals surface area contributed by atoms with E-state index in [4.69, 9.17) is 4.74 Å². The van der Waals surface area contributed by atoms with Crippen molar-refractivity contribution in [3.8, 4) is 0 Å². The first-order chi connectivity index (χ1) is 10.7. The second-order valence-corrected chi connectivity index (χ2v) is 6.01. The maximum atomic E-state index is 12.6. The van der Waals surface area contributed by atoms with Crippen molar-refractivity contribution in [2.75, 3.05) is 20.2 Å². The highest BCUT2D eigenvalue weighted by atomic mass is 16.5. The normalized spacial score (nSPS) is 27.9. The van der Waals surface area contributed by atoms with Crippen molar-refractivity contribution in [3.63, 3.8) is 0 Å². The molecule has 1 aromatic rings. The fourth-order valence-electron chi connectivity index (χ4n) is 3.49. The summed E-state index contributed by atoms with van der Waals surface area (Å²) in [6.45, 7) is 1.66. The Hall–Kier alpha value is -1.88. The molecule has 5 heteroatoms. The van der Waals surface area contributed by atoms with Gasteiger partial charge in [0, 0.05) is 19.1 Å². The zero-order valence-electron chi connectivity index (χ0n) is 12.8. The molecule has 22 heavy (non-hydrogen) atoms. The number of amides is 1. The van der Waals surface area contributed by atoms with Gasteiger partial charge in [0.1, 0.15) is 0 Å². The number of hydrogen-bond acceptors (Lipinski definition) is 4. The van der Waals surface area contributed by atoms with Crippen molar-refractivity contribution in [2.24, 2.45) is 5.92 Å². The van der Waals surface area contributed by atoms with Crippen LogP contribution in [0, 0.1) is 5.92 Å². The number of carbonyl (C=O) groups is 2. The van der Waals surface area contributed by atoms with Crippen molar-refractivity contribution in [1.29, 1.82) is 0 Å². The minimum absolute atomic E-state index is 0.116. The quantitative estimate of drug-likeness (QED) is 0.860. The van der Waals surface area contributed by atoms with E-state index >= 15 is 0 Å². The van der Waals surface area contributed by atoms with Crippen molar-refractivity contribution in [2.45, 2.75) is 31.3 Å². The summed E-state index contributed by atoms with van der Waals surface area (Å²) in [5, 5.41) is 3.36. The molecule has 0 radical (unpaired) electrons. The largest absolute Gasteiger partial charge is 0.469 e. The van der Waals surface area contributed by atoms with Crippen LogP contribution in [0.2, 0.25) is 0 Å². The maximum Gasteiger partial charge on any atom is 0.310 e. The molecule has 0 aromatic heterocycles. The Morgan fingerprint density at radius 2 is 1.86 bits per heavy atom. The molecule has 2 aliphatic heterocycles. The topological polar surface area (TPSA) is 58.6 Å². The number of nitrogens with one attached hydrogen (secondary N) is 1. The minimum Gasteiger partial charge on any atom is -0.469 e. The highest BCUT2D eigenvalue weighted by Gasteiger charge is 2.43. The van der Waals surface area contributed by atoms with Gasteiger partial charge in [-0.2, -0.15) is 0 Å². The standard InChI is InChI=1S/C17H22N2O3/c1-22-17(21)13-11-14(16(20)19-9-5-6-10-19)18-15(13)12-7-3-2-4-8-12/h2-4,7-8,13-15,18H,5-6,9-11H2,1H3/t13-,14+,15+/m0/s1. The number of ether oxygens (including phenoxy) is 1. The van der Waals surface area contributed by atoms with Gasteiger partial charge in [-0.05, 0) is 24.8 Å². The number of methoxy groups -OCH3 is 1. The monoisotopic (exact) mass is 302 g/mol. The van der Waals surface area contributed by atoms with Gasteiger partial charge in [-0.25, -0.2) is 0 Å². The minimum atomic E-state index is -0.316. The molecule has 2 fully saturated rings. The van der Waals surface area contributed by atoms with Gasteiger partial charge in [-0.1, -0.05) is 30.3 Å². The Kier molecular flexibility index (Phi) is 4.43. The van der Waals surface area contributed by atoms with Crippen LogP contribution in [0.5, 0.6) is 0 Å². The van der Waals surface area contributed by atoms with Crippen LogP contribution in [-0.4, -0.2) is 43.0 Å². The van der Waals surface area contributed by atoms with E-state index in [9.17, 15) is 9.59 Å². The van der Waals surface area contributed by atoms with Crippen molar-refractivity contribution >= 4 is 11.9 Å². The van der Waals surface area contributed by atoms with E-state index in [1.54, 1.807) is 0 Å². The molecule has 3 atom stereocenters. The lowest BCUT2D eigenvalue weighted by Gasteiger charge is -2.21. The summed E-state index contributed by atoms with van der Waals surface area (Å²) in [7, 11) is 1.40. The third-order valence-electron chi connectivity index (χ3n) is 4.65. The number of rotatable bonds is 3. The molecule has 5 nitrogen and oxygen atoms in total. The Balaban J connectivity index is 1.79. The van der Waals surface area contributed by atoms with Crippen LogP contribution >= 0.6 is 0 Å². The van der Waals surface area contributed by atoms with E-state index in [1.165, 1.54) is 7.11 Å². The number of nitrogens with zero attached hydrogens (tertiary/aromatic N) is 1. The van der Waals surface area contributed by atoms with E-state index in [1.807, 2.05) is 35.2 Å². The Bertz CT molecular complexity index is 540. The molecule has 0 spiro atoms. The van der Waals surface area contributed by atoms with E-state index in [2.05, 4.69) is 5.32 Å². The maximum absolute atomic E-state index is 12.6. The van der Waals surface area contributed by atoms with Gasteiger partial charge >= 0.3 is 5.97 Å². The summed E-state index contributed by atoms with van der Waals surface area (Å²) < 4.78 is 4.94. The van der Waals surface area contributed by atoms with E-state index in [0.29, 0.717) is 6.42 Å². The molecule has 1 aromatic carbocycles. The van der Waals surface area contributed by atoms with Gasteiger partial charge in [-0.3, -0.25) is 14.9 Å². The second-order valence-electron chi connectivity index (χ2n) is 6.01. The molecule has 1 N–H and O–H groups in total. The van der Waals surface area contributed by atoms with Crippen LogP contribution in [-0.2, 0) is 14.3 Å². The number of likely N-dealkylation sites (tertiary alicyclic amines) is 1. The Morgan fingerprint density at radius 1 is 1.18 bits per heavy atom. The molecule has 3 rings (SSSR count). The van der Waals surface area contributed by atoms with Crippen LogP contribution in [0.1, 0.15) is 30.9 Å². The summed E-state index contributed by atoms with van der Waals surface area (Å²) in [6.07, 6.45) is 2.64. The predicted molar refractivity (Wildman–Crippen MR) is 82.0 cm³/mol. The SMILES string of the molecule is COC(=O)[C@H]1C[C@H](C(=O)N2CCCC2)N[C@@H]1c1ccccc1. The summed E-state index contributed by atoms with van der Waals surface area (Å²) in [4.78, 5) is 26.6. The van der Waals surface area contributed by atoms with Crippen LogP contribution in [0.4, 0.5) is 0 Å². The first-order valence-electron chi connectivity index (χ1n) is 7.88. The molecule has 118 valence electrons. The summed E-state index contributed by atoms with van der Waals surface area (Å²) >= 11 is 0. The van der Waals surface area contributed by atoms with Gasteiger partial charge in [0.2, 0.25) is 5.91 Å². The molecule has 0 unspecified atom stereocenters. The third-order valence-corrected chi connectivity index (χ3v) is 4.65. The van der Waals surface area contributed by atoms with Crippen molar-refractivity contribution < 1.29 is 14.3 Å². The molecule has 2 heterocycles. The molecule has 0 saturated carbocycles. The van der Waals surface area contributed by atoms with Crippen LogP contribution < -0.4 is 5.32 Å². The van der Waals surface area contributed by atoms with Gasteiger partial charge in [0.25, 0.3) is 0 Å². The Morgan fingerprint density at radius 3 is 2.50 bits per heavy atom. The first-order valence-corrected chi connectivity index (χ1v) is 7.88. The van der Waals surface area contributed by atoms with Crippen molar-refractivity contribution in [1.82, 2.24) is 10.2 Å². The molecular weight excluding hydrogens is 280 g/mol. The zero-order chi connectivity index (χ0) is 15.5.